The summed E-state index contributed by atoms with van der Waals surface area (Å²) in [6.45, 7) is -0.0215. The van der Waals surface area contributed by atoms with Crippen LogP contribution in [0.1, 0.15) is 61.2 Å². The third kappa shape index (κ3) is 8.31. The molecule has 3 unspecified atom stereocenters. The fourth-order valence-electron chi connectivity index (χ4n) is 4.11. The number of unbranched alkanes of at least 4 members (excludes halogenated alkanes) is 1. The number of carbonyl (C=O) groups is 2. The summed E-state index contributed by atoms with van der Waals surface area (Å²) in [5.74, 6) is 0.0149. The van der Waals surface area contributed by atoms with Crippen molar-refractivity contribution >= 4 is 29.3 Å². The second-order valence-corrected chi connectivity index (χ2v) is 10.1. The number of hydrogen-bond donors (Lipinski definition) is 4. The van der Waals surface area contributed by atoms with E-state index in [0.29, 0.717) is 35.9 Å². The van der Waals surface area contributed by atoms with E-state index in [4.69, 9.17) is 14.7 Å². The van der Waals surface area contributed by atoms with Crippen LogP contribution in [0.25, 0.3) is 0 Å². The number of carbonyl (C=O) groups excluding carboxylic acids is 2. The molecule has 4 N–H and O–H groups in total. The highest BCUT2D eigenvalue weighted by atomic mass is 32.2. The molecule has 2 aromatic carbocycles. The summed E-state index contributed by atoms with van der Waals surface area (Å²) >= 11 is 1.51. The zero-order valence-electron chi connectivity index (χ0n) is 21.5. The molecule has 13 heteroatoms. The van der Waals surface area contributed by atoms with E-state index in [1.54, 1.807) is 29.3 Å². The van der Waals surface area contributed by atoms with Crippen molar-refractivity contribution in [3.8, 4) is 0 Å². The van der Waals surface area contributed by atoms with Gasteiger partial charge in [0.1, 0.15) is 0 Å². The molecule has 1 saturated heterocycles. The molecular formula is C26H32N6O6S. The molecule has 1 aliphatic rings. The van der Waals surface area contributed by atoms with Crippen LogP contribution in [-0.2, 0) is 32.7 Å². The SMILES string of the molecule is Cn1nnnc1SCC1CC(c2ccc(CO)cc2)OC(c2ccc(NC(=O)CCCCC(=O)NO)cc2)O1. The number of hydroxylamine groups is 1. The van der Waals surface area contributed by atoms with Crippen molar-refractivity contribution in [1.82, 2.24) is 25.7 Å². The van der Waals surface area contributed by atoms with Gasteiger partial charge in [-0.2, -0.15) is 0 Å². The first kappa shape index (κ1) is 28.6. The first-order valence-corrected chi connectivity index (χ1v) is 13.6. The molecule has 1 aromatic heterocycles. The number of tetrazole rings is 1. The fourth-order valence-corrected chi connectivity index (χ4v) is 4.98. The van der Waals surface area contributed by atoms with E-state index in [-0.39, 0.29) is 37.6 Å². The van der Waals surface area contributed by atoms with Crippen LogP contribution in [0.3, 0.4) is 0 Å². The van der Waals surface area contributed by atoms with Gasteiger partial charge in [0.05, 0.1) is 18.8 Å². The normalized spacial score (nSPS) is 19.0. The van der Waals surface area contributed by atoms with Gasteiger partial charge < -0.3 is 19.9 Å². The number of anilines is 1. The number of aryl methyl sites for hydroxylation is 1. The molecule has 12 nitrogen and oxygen atoms in total. The van der Waals surface area contributed by atoms with E-state index >= 15 is 0 Å². The molecular weight excluding hydrogens is 524 g/mol. The first-order valence-electron chi connectivity index (χ1n) is 12.6. The molecule has 4 rings (SSSR count). The van der Waals surface area contributed by atoms with Crippen molar-refractivity contribution in [3.05, 3.63) is 65.2 Å². The van der Waals surface area contributed by atoms with Crippen molar-refractivity contribution < 1.29 is 29.4 Å². The number of amides is 2. The maximum Gasteiger partial charge on any atom is 0.243 e. The molecule has 39 heavy (non-hydrogen) atoms. The Hall–Kier alpha value is -3.36. The lowest BCUT2D eigenvalue weighted by Gasteiger charge is -2.36. The summed E-state index contributed by atoms with van der Waals surface area (Å²) in [6.07, 6.45) is 1.14. The number of aliphatic hydroxyl groups excluding tert-OH is 1. The Balaban J connectivity index is 1.39. The second kappa shape index (κ2) is 14.1. The Morgan fingerprint density at radius 3 is 2.36 bits per heavy atom. The molecule has 2 heterocycles. The van der Waals surface area contributed by atoms with Crippen molar-refractivity contribution in [2.75, 3.05) is 11.1 Å². The Morgan fingerprint density at radius 1 is 1.03 bits per heavy atom. The van der Waals surface area contributed by atoms with Gasteiger partial charge in [-0.1, -0.05) is 48.2 Å². The number of aliphatic hydroxyl groups is 1. The average Bonchev–Trinajstić information content (AvgIpc) is 3.38. The van der Waals surface area contributed by atoms with Gasteiger partial charge in [-0.05, 0) is 46.5 Å². The smallest absolute Gasteiger partial charge is 0.243 e. The van der Waals surface area contributed by atoms with Gasteiger partial charge in [-0.25, -0.2) is 10.2 Å². The molecule has 3 aromatic rings. The van der Waals surface area contributed by atoms with Gasteiger partial charge in [0.2, 0.25) is 17.0 Å². The lowest BCUT2D eigenvalue weighted by atomic mass is 10.0. The average molecular weight is 557 g/mol. The van der Waals surface area contributed by atoms with E-state index in [2.05, 4.69) is 20.8 Å². The number of nitrogens with one attached hydrogen (secondary N) is 2. The standard InChI is InChI=1S/C26H32N6O6S/c1-32-26(28-30-31-32)39-16-21-14-22(18-8-6-17(15-33)7-9-18)38-25(37-21)19-10-12-20(13-11-19)27-23(34)4-2-3-5-24(35)29-36/h6-13,21-22,25,33,36H,2-5,14-16H2,1H3,(H,27,34)(H,29,35). The number of benzene rings is 2. The van der Waals surface area contributed by atoms with Gasteiger partial charge in [0.25, 0.3) is 0 Å². The Kier molecular flexibility index (Phi) is 10.4. The Morgan fingerprint density at radius 2 is 1.72 bits per heavy atom. The number of rotatable bonds is 12. The van der Waals surface area contributed by atoms with Crippen LogP contribution in [0.4, 0.5) is 5.69 Å². The van der Waals surface area contributed by atoms with Crippen molar-refractivity contribution in [2.45, 2.75) is 62.4 Å². The molecule has 0 aliphatic carbocycles. The Bertz CT molecular complexity index is 1220. The van der Waals surface area contributed by atoms with Crippen molar-refractivity contribution in [3.63, 3.8) is 0 Å². The fraction of sp³-hybridized carbons (Fsp3) is 0.423. The molecule has 1 aliphatic heterocycles. The highest BCUT2D eigenvalue weighted by Crippen LogP contribution is 2.39. The molecule has 2 amide bonds. The Labute approximate surface area is 230 Å². The topological polar surface area (TPSA) is 161 Å². The van der Waals surface area contributed by atoms with Gasteiger partial charge in [-0.3, -0.25) is 14.8 Å². The largest absolute Gasteiger partial charge is 0.392 e. The maximum atomic E-state index is 12.3. The molecule has 1 fully saturated rings. The number of aromatic nitrogens is 4. The number of thioether (sulfide) groups is 1. The summed E-state index contributed by atoms with van der Waals surface area (Å²) in [4.78, 5) is 23.3. The lowest BCUT2D eigenvalue weighted by Crippen LogP contribution is -2.31. The van der Waals surface area contributed by atoms with E-state index in [1.807, 2.05) is 36.4 Å². The highest BCUT2D eigenvalue weighted by molar-refractivity contribution is 7.99. The summed E-state index contributed by atoms with van der Waals surface area (Å²) in [5, 5.41) is 33.1. The van der Waals surface area contributed by atoms with Crippen LogP contribution in [0.15, 0.2) is 53.7 Å². The molecule has 0 radical (unpaired) electrons. The van der Waals surface area contributed by atoms with Crippen LogP contribution in [0.2, 0.25) is 0 Å². The molecule has 208 valence electrons. The molecule has 0 saturated carbocycles. The summed E-state index contributed by atoms with van der Waals surface area (Å²) in [7, 11) is 1.79. The van der Waals surface area contributed by atoms with Crippen LogP contribution >= 0.6 is 11.8 Å². The lowest BCUT2D eigenvalue weighted by molar-refractivity contribution is -0.245. The summed E-state index contributed by atoms with van der Waals surface area (Å²) in [6, 6.07) is 15.0. The van der Waals surface area contributed by atoms with Gasteiger partial charge in [-0.15, -0.1) is 5.10 Å². The van der Waals surface area contributed by atoms with Crippen molar-refractivity contribution in [2.24, 2.45) is 7.05 Å². The number of ether oxygens (including phenoxy) is 2. The zero-order valence-corrected chi connectivity index (χ0v) is 22.3. The molecule has 0 bridgehead atoms. The summed E-state index contributed by atoms with van der Waals surface area (Å²) < 4.78 is 14.3. The zero-order chi connectivity index (χ0) is 27.6. The minimum absolute atomic E-state index is 0.0215. The second-order valence-electron chi connectivity index (χ2n) is 9.16. The van der Waals surface area contributed by atoms with E-state index in [1.165, 1.54) is 11.8 Å². The van der Waals surface area contributed by atoms with Crippen LogP contribution in [0.5, 0.6) is 0 Å². The maximum absolute atomic E-state index is 12.3. The van der Waals surface area contributed by atoms with Gasteiger partial charge >= 0.3 is 0 Å². The highest BCUT2D eigenvalue weighted by Gasteiger charge is 2.32. The van der Waals surface area contributed by atoms with Gasteiger partial charge in [0, 0.05) is 43.3 Å². The molecule has 0 spiro atoms. The predicted molar refractivity (Wildman–Crippen MR) is 141 cm³/mol. The monoisotopic (exact) mass is 556 g/mol. The van der Waals surface area contributed by atoms with E-state index in [0.717, 1.165) is 16.7 Å². The first-order chi connectivity index (χ1) is 18.9. The minimum atomic E-state index is -0.619. The third-order valence-corrected chi connectivity index (χ3v) is 7.39. The van der Waals surface area contributed by atoms with Crippen LogP contribution in [-0.4, -0.2) is 54.2 Å². The van der Waals surface area contributed by atoms with Crippen LogP contribution in [0, 0.1) is 0 Å². The van der Waals surface area contributed by atoms with Crippen LogP contribution < -0.4 is 10.8 Å². The number of hydrogen-bond acceptors (Lipinski definition) is 10. The molecule has 3 atom stereocenters. The van der Waals surface area contributed by atoms with E-state index in [9.17, 15) is 14.7 Å². The van der Waals surface area contributed by atoms with Gasteiger partial charge in [0.15, 0.2) is 6.29 Å². The van der Waals surface area contributed by atoms with Crippen molar-refractivity contribution in [1.29, 1.82) is 0 Å². The number of nitrogens with zero attached hydrogens (tertiary/aromatic N) is 4. The third-order valence-electron chi connectivity index (χ3n) is 6.24. The van der Waals surface area contributed by atoms with E-state index < -0.39 is 12.2 Å². The quantitative estimate of drug-likeness (QED) is 0.113. The summed E-state index contributed by atoms with van der Waals surface area (Å²) in [5.41, 5.74) is 4.87. The minimum Gasteiger partial charge on any atom is -0.392 e. The predicted octanol–water partition coefficient (Wildman–Crippen LogP) is 3.04.